The van der Waals surface area contributed by atoms with E-state index in [1.165, 1.54) is 12.1 Å². The molecule has 0 fully saturated rings. The van der Waals surface area contributed by atoms with Gasteiger partial charge in [-0.15, -0.1) is 12.4 Å². The van der Waals surface area contributed by atoms with E-state index in [-0.39, 0.29) is 23.7 Å². The Balaban J connectivity index is 0.00000200. The Bertz CT molecular complexity index is 603. The Hall–Kier alpha value is -2.27. The van der Waals surface area contributed by atoms with Crippen LogP contribution in [0.3, 0.4) is 0 Å². The number of carbonyl (C=O) groups excluding carboxylic acids is 1. The fourth-order valence-corrected chi connectivity index (χ4v) is 1.55. The maximum absolute atomic E-state index is 13.3. The molecule has 3 N–H and O–H groups in total. The monoisotopic (exact) mass is 296 g/mol. The lowest BCUT2D eigenvalue weighted by molar-refractivity contribution is 0.102. The van der Waals surface area contributed by atoms with Gasteiger partial charge in [-0.05, 0) is 42.5 Å². The van der Waals surface area contributed by atoms with Crippen LogP contribution < -0.4 is 15.8 Å². The van der Waals surface area contributed by atoms with Crippen LogP contribution in [0.25, 0.3) is 0 Å². The Morgan fingerprint density at radius 3 is 2.40 bits per heavy atom. The number of hydrogen-bond donors (Lipinski definition) is 2. The quantitative estimate of drug-likeness (QED) is 0.856. The fraction of sp³-hybridized carbons (Fsp3) is 0.0714. The molecule has 4 nitrogen and oxygen atoms in total. The molecular formula is C14H14ClFN2O2. The van der Waals surface area contributed by atoms with Gasteiger partial charge in [0.15, 0.2) is 0 Å². The number of nitrogens with two attached hydrogens (primary N) is 1. The Labute approximate surface area is 122 Å². The Morgan fingerprint density at radius 1 is 1.20 bits per heavy atom. The normalized spacial score (nSPS) is 9.50. The van der Waals surface area contributed by atoms with E-state index in [2.05, 4.69) is 5.32 Å². The molecule has 0 aliphatic rings. The number of carbonyl (C=O) groups is 1. The molecule has 0 aliphatic heterocycles. The summed E-state index contributed by atoms with van der Waals surface area (Å²) in [5.74, 6) is -0.317. The molecule has 1 amide bonds. The third-order valence-corrected chi connectivity index (χ3v) is 2.61. The first kappa shape index (κ1) is 15.8. The van der Waals surface area contributed by atoms with Gasteiger partial charge < -0.3 is 15.8 Å². The molecule has 0 radical (unpaired) electrons. The molecule has 0 aromatic heterocycles. The van der Waals surface area contributed by atoms with Crippen molar-refractivity contribution in [1.82, 2.24) is 0 Å². The average molecular weight is 297 g/mol. The third-order valence-electron chi connectivity index (χ3n) is 2.61. The molecule has 0 saturated heterocycles. The van der Waals surface area contributed by atoms with Crippen molar-refractivity contribution in [3.63, 3.8) is 0 Å². The molecule has 2 aromatic carbocycles. The van der Waals surface area contributed by atoms with Crippen molar-refractivity contribution < 1.29 is 13.9 Å². The molecule has 0 atom stereocenters. The highest BCUT2D eigenvalue weighted by molar-refractivity contribution is 6.04. The standard InChI is InChI=1S/C14H13FN2O2.ClH/c1-19-11-5-3-10(4-6-11)17-14(18)9-2-7-13(16)12(15)8-9;/h2-8H,16H2,1H3,(H,17,18);1H. The largest absolute Gasteiger partial charge is 0.497 e. The van der Waals surface area contributed by atoms with Crippen LogP contribution >= 0.6 is 12.4 Å². The van der Waals surface area contributed by atoms with E-state index in [1.807, 2.05) is 0 Å². The van der Waals surface area contributed by atoms with Gasteiger partial charge in [0.05, 0.1) is 12.8 Å². The van der Waals surface area contributed by atoms with Crippen LogP contribution in [0.2, 0.25) is 0 Å². The summed E-state index contributed by atoms with van der Waals surface area (Å²) in [7, 11) is 1.56. The summed E-state index contributed by atoms with van der Waals surface area (Å²) in [5.41, 5.74) is 6.18. The van der Waals surface area contributed by atoms with Gasteiger partial charge in [0, 0.05) is 11.3 Å². The molecule has 0 bridgehead atoms. The molecule has 6 heteroatoms. The van der Waals surface area contributed by atoms with E-state index in [4.69, 9.17) is 10.5 Å². The third kappa shape index (κ3) is 3.61. The SMILES string of the molecule is COc1ccc(NC(=O)c2ccc(N)c(F)c2)cc1.Cl. The predicted molar refractivity (Wildman–Crippen MR) is 79.0 cm³/mol. The number of halogens is 2. The first-order valence-corrected chi connectivity index (χ1v) is 5.60. The lowest BCUT2D eigenvalue weighted by Crippen LogP contribution is -2.12. The number of anilines is 2. The number of nitrogens with one attached hydrogen (secondary N) is 1. The lowest BCUT2D eigenvalue weighted by Gasteiger charge is -2.07. The van der Waals surface area contributed by atoms with Crippen LogP contribution in [-0.2, 0) is 0 Å². The van der Waals surface area contributed by atoms with Gasteiger partial charge in [0.2, 0.25) is 0 Å². The number of rotatable bonds is 3. The van der Waals surface area contributed by atoms with Gasteiger partial charge >= 0.3 is 0 Å². The second-order valence-corrected chi connectivity index (χ2v) is 3.92. The second-order valence-electron chi connectivity index (χ2n) is 3.92. The van der Waals surface area contributed by atoms with Gasteiger partial charge in [-0.2, -0.15) is 0 Å². The molecule has 0 heterocycles. The zero-order chi connectivity index (χ0) is 13.8. The molecule has 106 valence electrons. The van der Waals surface area contributed by atoms with Gasteiger partial charge in [0.25, 0.3) is 5.91 Å². The van der Waals surface area contributed by atoms with Crippen molar-refractivity contribution in [2.45, 2.75) is 0 Å². The molecule has 0 unspecified atom stereocenters. The summed E-state index contributed by atoms with van der Waals surface area (Å²) in [5, 5.41) is 2.65. The minimum Gasteiger partial charge on any atom is -0.497 e. The van der Waals surface area contributed by atoms with E-state index in [1.54, 1.807) is 31.4 Å². The van der Waals surface area contributed by atoms with Gasteiger partial charge in [-0.1, -0.05) is 0 Å². The van der Waals surface area contributed by atoms with Crippen LogP contribution in [0.5, 0.6) is 5.75 Å². The van der Waals surface area contributed by atoms with Crippen LogP contribution in [0.1, 0.15) is 10.4 Å². The van der Waals surface area contributed by atoms with Crippen molar-refractivity contribution in [2.24, 2.45) is 0 Å². The molecule has 2 aromatic rings. The highest BCUT2D eigenvalue weighted by Crippen LogP contribution is 2.17. The molecule has 0 aliphatic carbocycles. The summed E-state index contributed by atoms with van der Waals surface area (Å²) in [6.45, 7) is 0. The maximum Gasteiger partial charge on any atom is 0.255 e. The first-order chi connectivity index (χ1) is 9.10. The minimum atomic E-state index is -0.609. The lowest BCUT2D eigenvalue weighted by atomic mass is 10.2. The van der Waals surface area contributed by atoms with Crippen LogP contribution in [0.4, 0.5) is 15.8 Å². The average Bonchev–Trinajstić information content (AvgIpc) is 2.42. The summed E-state index contributed by atoms with van der Waals surface area (Å²) in [4.78, 5) is 11.9. The van der Waals surface area contributed by atoms with Crippen molar-refractivity contribution in [1.29, 1.82) is 0 Å². The van der Waals surface area contributed by atoms with Crippen molar-refractivity contribution in [3.8, 4) is 5.75 Å². The van der Waals surface area contributed by atoms with E-state index in [9.17, 15) is 9.18 Å². The second kappa shape index (κ2) is 6.77. The van der Waals surface area contributed by atoms with Crippen LogP contribution in [0, 0.1) is 5.82 Å². The van der Waals surface area contributed by atoms with Gasteiger partial charge in [-0.25, -0.2) is 4.39 Å². The molecule has 0 spiro atoms. The minimum absolute atomic E-state index is 0. The van der Waals surface area contributed by atoms with Crippen LogP contribution in [-0.4, -0.2) is 13.0 Å². The van der Waals surface area contributed by atoms with Crippen LogP contribution in [0.15, 0.2) is 42.5 Å². The number of nitrogen functional groups attached to an aromatic ring is 1. The summed E-state index contributed by atoms with van der Waals surface area (Å²) < 4.78 is 18.3. The maximum atomic E-state index is 13.3. The topological polar surface area (TPSA) is 64.3 Å². The smallest absolute Gasteiger partial charge is 0.255 e. The van der Waals surface area contributed by atoms with E-state index >= 15 is 0 Å². The Kier molecular flexibility index (Phi) is 5.34. The fourth-order valence-electron chi connectivity index (χ4n) is 1.55. The number of ether oxygens (including phenoxy) is 1. The van der Waals surface area contributed by atoms with Crippen molar-refractivity contribution >= 4 is 29.7 Å². The number of methoxy groups -OCH3 is 1. The Morgan fingerprint density at radius 2 is 1.85 bits per heavy atom. The summed E-state index contributed by atoms with van der Waals surface area (Å²) in [6.07, 6.45) is 0. The number of amides is 1. The highest BCUT2D eigenvalue weighted by Gasteiger charge is 2.08. The van der Waals surface area contributed by atoms with Crippen molar-refractivity contribution in [2.75, 3.05) is 18.2 Å². The van der Waals surface area contributed by atoms with E-state index in [0.717, 1.165) is 6.07 Å². The zero-order valence-corrected chi connectivity index (χ0v) is 11.5. The van der Waals surface area contributed by atoms with Crippen molar-refractivity contribution in [3.05, 3.63) is 53.8 Å². The zero-order valence-electron chi connectivity index (χ0n) is 10.7. The molecule has 20 heavy (non-hydrogen) atoms. The first-order valence-electron chi connectivity index (χ1n) is 5.60. The summed E-state index contributed by atoms with van der Waals surface area (Å²) in [6, 6.07) is 10.8. The number of hydrogen-bond acceptors (Lipinski definition) is 3. The highest BCUT2D eigenvalue weighted by atomic mass is 35.5. The molecule has 2 rings (SSSR count). The summed E-state index contributed by atoms with van der Waals surface area (Å²) >= 11 is 0. The predicted octanol–water partition coefficient (Wildman–Crippen LogP) is 3.09. The van der Waals surface area contributed by atoms with E-state index in [0.29, 0.717) is 11.4 Å². The van der Waals surface area contributed by atoms with Gasteiger partial charge in [0.1, 0.15) is 11.6 Å². The molecular weight excluding hydrogens is 283 g/mol. The number of benzene rings is 2. The van der Waals surface area contributed by atoms with E-state index < -0.39 is 11.7 Å². The molecule has 0 saturated carbocycles. The van der Waals surface area contributed by atoms with Gasteiger partial charge in [-0.3, -0.25) is 4.79 Å².